The fourth-order valence-corrected chi connectivity index (χ4v) is 0.917. The van der Waals surface area contributed by atoms with E-state index in [2.05, 4.69) is 11.8 Å². The van der Waals surface area contributed by atoms with E-state index in [1.807, 2.05) is 7.05 Å². The SMILES string of the molecule is CCN(C)CC1(O)CC1. The van der Waals surface area contributed by atoms with Crippen LogP contribution in [0.1, 0.15) is 19.8 Å². The average molecular weight is 129 g/mol. The molecule has 1 saturated carbocycles. The van der Waals surface area contributed by atoms with E-state index >= 15 is 0 Å². The van der Waals surface area contributed by atoms with E-state index in [1.165, 1.54) is 0 Å². The second kappa shape index (κ2) is 2.27. The van der Waals surface area contributed by atoms with Crippen molar-refractivity contribution in [3.05, 3.63) is 0 Å². The number of aliphatic hydroxyl groups is 1. The van der Waals surface area contributed by atoms with Crippen molar-refractivity contribution in [2.45, 2.75) is 25.4 Å². The second-order valence-electron chi connectivity index (χ2n) is 3.05. The molecular formula is C7H15NO. The Balaban J connectivity index is 2.17. The molecule has 0 heterocycles. The van der Waals surface area contributed by atoms with Gasteiger partial charge in [0, 0.05) is 6.54 Å². The molecule has 1 fully saturated rings. The summed E-state index contributed by atoms with van der Waals surface area (Å²) in [7, 11) is 2.04. The lowest BCUT2D eigenvalue weighted by atomic mass is 10.3. The molecule has 0 atom stereocenters. The van der Waals surface area contributed by atoms with Gasteiger partial charge in [-0.3, -0.25) is 0 Å². The minimum Gasteiger partial charge on any atom is -0.389 e. The Labute approximate surface area is 56.5 Å². The molecular weight excluding hydrogens is 114 g/mol. The van der Waals surface area contributed by atoms with Gasteiger partial charge in [0.1, 0.15) is 0 Å². The maximum Gasteiger partial charge on any atom is 0.0776 e. The largest absolute Gasteiger partial charge is 0.389 e. The molecule has 0 aliphatic heterocycles. The monoisotopic (exact) mass is 129 g/mol. The van der Waals surface area contributed by atoms with Crippen LogP contribution < -0.4 is 0 Å². The number of nitrogens with zero attached hydrogens (tertiary/aromatic N) is 1. The minimum absolute atomic E-state index is 0.301. The highest BCUT2D eigenvalue weighted by Crippen LogP contribution is 2.35. The molecule has 1 aliphatic carbocycles. The summed E-state index contributed by atoms with van der Waals surface area (Å²) in [6.07, 6.45) is 1.99. The predicted octanol–water partition coefficient (Wildman–Crippen LogP) is 0.463. The summed E-state index contributed by atoms with van der Waals surface area (Å²) in [4.78, 5) is 2.15. The Hall–Kier alpha value is -0.0800. The summed E-state index contributed by atoms with van der Waals surface area (Å²) < 4.78 is 0. The molecule has 1 rings (SSSR count). The Bertz CT molecular complexity index is 99.1. The molecule has 1 N–H and O–H groups in total. The van der Waals surface area contributed by atoms with Crippen molar-refractivity contribution >= 4 is 0 Å². The molecule has 0 saturated heterocycles. The van der Waals surface area contributed by atoms with Crippen LogP contribution in [0.15, 0.2) is 0 Å². The van der Waals surface area contributed by atoms with Gasteiger partial charge in [0.25, 0.3) is 0 Å². The number of hydrogen-bond acceptors (Lipinski definition) is 2. The normalized spacial score (nSPS) is 22.7. The highest BCUT2D eigenvalue weighted by Gasteiger charge is 2.40. The third kappa shape index (κ3) is 1.95. The first kappa shape index (κ1) is 7.03. The first-order chi connectivity index (χ1) is 4.16. The van der Waals surface area contributed by atoms with Gasteiger partial charge in [-0.2, -0.15) is 0 Å². The van der Waals surface area contributed by atoms with Crippen LogP contribution in [0, 0.1) is 0 Å². The van der Waals surface area contributed by atoms with Crippen molar-refractivity contribution in [2.24, 2.45) is 0 Å². The predicted molar refractivity (Wildman–Crippen MR) is 37.4 cm³/mol. The van der Waals surface area contributed by atoms with Gasteiger partial charge in [0.2, 0.25) is 0 Å². The third-order valence-electron chi connectivity index (χ3n) is 1.93. The van der Waals surface area contributed by atoms with Crippen molar-refractivity contribution in [3.63, 3.8) is 0 Å². The molecule has 0 radical (unpaired) electrons. The van der Waals surface area contributed by atoms with Crippen LogP contribution in [0.3, 0.4) is 0 Å². The van der Waals surface area contributed by atoms with E-state index < -0.39 is 0 Å². The zero-order chi connectivity index (χ0) is 6.91. The summed E-state index contributed by atoms with van der Waals surface area (Å²) in [5, 5.41) is 9.39. The number of likely N-dealkylation sites (N-methyl/N-ethyl adjacent to an activating group) is 1. The first-order valence-electron chi connectivity index (χ1n) is 3.57. The molecule has 0 bridgehead atoms. The topological polar surface area (TPSA) is 23.5 Å². The summed E-state index contributed by atoms with van der Waals surface area (Å²) in [5.41, 5.74) is -0.301. The molecule has 0 aromatic carbocycles. The number of rotatable bonds is 3. The quantitative estimate of drug-likeness (QED) is 0.598. The third-order valence-corrected chi connectivity index (χ3v) is 1.93. The Morgan fingerprint density at radius 1 is 1.56 bits per heavy atom. The fraction of sp³-hybridized carbons (Fsp3) is 1.00. The van der Waals surface area contributed by atoms with E-state index in [0.29, 0.717) is 0 Å². The first-order valence-corrected chi connectivity index (χ1v) is 3.57. The molecule has 54 valence electrons. The minimum atomic E-state index is -0.301. The van der Waals surface area contributed by atoms with E-state index in [0.717, 1.165) is 25.9 Å². The van der Waals surface area contributed by atoms with Crippen molar-refractivity contribution in [1.29, 1.82) is 0 Å². The molecule has 0 spiro atoms. The molecule has 0 amide bonds. The molecule has 9 heavy (non-hydrogen) atoms. The van der Waals surface area contributed by atoms with Crippen LogP contribution in [0.25, 0.3) is 0 Å². The molecule has 0 aromatic heterocycles. The highest BCUT2D eigenvalue weighted by molar-refractivity contribution is 4.95. The van der Waals surface area contributed by atoms with Crippen molar-refractivity contribution in [2.75, 3.05) is 20.1 Å². The maximum atomic E-state index is 9.39. The zero-order valence-corrected chi connectivity index (χ0v) is 6.22. The lowest BCUT2D eigenvalue weighted by Gasteiger charge is -2.17. The van der Waals surface area contributed by atoms with Gasteiger partial charge in [-0.25, -0.2) is 0 Å². The second-order valence-corrected chi connectivity index (χ2v) is 3.05. The summed E-state index contributed by atoms with van der Waals surface area (Å²) in [6, 6.07) is 0. The fourth-order valence-electron chi connectivity index (χ4n) is 0.917. The van der Waals surface area contributed by atoms with Crippen molar-refractivity contribution < 1.29 is 5.11 Å². The zero-order valence-electron chi connectivity index (χ0n) is 6.22. The van der Waals surface area contributed by atoms with Crippen LogP contribution >= 0.6 is 0 Å². The van der Waals surface area contributed by atoms with Gasteiger partial charge >= 0.3 is 0 Å². The van der Waals surface area contributed by atoms with Gasteiger partial charge in [0.15, 0.2) is 0 Å². The lowest BCUT2D eigenvalue weighted by Crippen LogP contribution is -2.30. The van der Waals surface area contributed by atoms with E-state index in [-0.39, 0.29) is 5.60 Å². The van der Waals surface area contributed by atoms with Crippen molar-refractivity contribution in [3.8, 4) is 0 Å². The molecule has 0 unspecified atom stereocenters. The van der Waals surface area contributed by atoms with Crippen LogP contribution in [-0.2, 0) is 0 Å². The molecule has 2 nitrogen and oxygen atoms in total. The smallest absolute Gasteiger partial charge is 0.0776 e. The lowest BCUT2D eigenvalue weighted by molar-refractivity contribution is 0.106. The Kier molecular flexibility index (Phi) is 1.78. The van der Waals surface area contributed by atoms with Crippen LogP contribution in [-0.4, -0.2) is 35.7 Å². The van der Waals surface area contributed by atoms with Crippen LogP contribution in [0.4, 0.5) is 0 Å². The van der Waals surface area contributed by atoms with E-state index in [4.69, 9.17) is 0 Å². The Morgan fingerprint density at radius 3 is 2.44 bits per heavy atom. The molecule has 1 aliphatic rings. The van der Waals surface area contributed by atoms with Crippen LogP contribution in [0.2, 0.25) is 0 Å². The average Bonchev–Trinajstić information content (AvgIpc) is 2.48. The summed E-state index contributed by atoms with van der Waals surface area (Å²) in [5.74, 6) is 0. The maximum absolute atomic E-state index is 9.39. The van der Waals surface area contributed by atoms with Gasteiger partial charge in [0.05, 0.1) is 5.60 Å². The molecule has 2 heteroatoms. The van der Waals surface area contributed by atoms with Gasteiger partial charge in [-0.05, 0) is 26.4 Å². The standard InChI is InChI=1S/C7H15NO/c1-3-8(2)6-7(9)4-5-7/h9H,3-6H2,1-2H3. The number of hydrogen-bond donors (Lipinski definition) is 1. The Morgan fingerprint density at radius 2 is 2.11 bits per heavy atom. The highest BCUT2D eigenvalue weighted by atomic mass is 16.3. The van der Waals surface area contributed by atoms with E-state index in [1.54, 1.807) is 0 Å². The van der Waals surface area contributed by atoms with Gasteiger partial charge in [-0.15, -0.1) is 0 Å². The van der Waals surface area contributed by atoms with Gasteiger partial charge < -0.3 is 10.0 Å². The van der Waals surface area contributed by atoms with E-state index in [9.17, 15) is 5.11 Å². The molecule has 0 aromatic rings. The summed E-state index contributed by atoms with van der Waals surface area (Å²) >= 11 is 0. The van der Waals surface area contributed by atoms with Crippen LogP contribution in [0.5, 0.6) is 0 Å². The van der Waals surface area contributed by atoms with Crippen molar-refractivity contribution in [1.82, 2.24) is 4.90 Å². The summed E-state index contributed by atoms with van der Waals surface area (Å²) in [6.45, 7) is 3.98. The van der Waals surface area contributed by atoms with Gasteiger partial charge in [-0.1, -0.05) is 6.92 Å².